The van der Waals surface area contributed by atoms with Crippen LogP contribution in [0.2, 0.25) is 0 Å². The largest absolute Gasteiger partial charge is 0.398 e. The number of benzene rings is 1. The van der Waals surface area contributed by atoms with Crippen molar-refractivity contribution >= 4 is 33.2 Å². The lowest BCUT2D eigenvalue weighted by atomic mass is 10.2. The zero-order valence-electron chi connectivity index (χ0n) is 9.03. The predicted octanol–water partition coefficient (Wildman–Crippen LogP) is 2.58. The third-order valence-electron chi connectivity index (χ3n) is 2.11. The number of nitrogens with zero attached hydrogens (tertiary/aromatic N) is 1. The van der Waals surface area contributed by atoms with Gasteiger partial charge in [0.25, 0.3) is 5.91 Å². The van der Waals surface area contributed by atoms with Crippen molar-refractivity contribution in [1.29, 1.82) is 0 Å². The first kappa shape index (κ1) is 11.7. The number of anilines is 2. The number of halogens is 1. The van der Waals surface area contributed by atoms with Crippen molar-refractivity contribution in [2.75, 3.05) is 11.1 Å². The molecule has 0 fully saturated rings. The van der Waals surface area contributed by atoms with E-state index in [-0.39, 0.29) is 11.7 Å². The van der Waals surface area contributed by atoms with E-state index in [0.29, 0.717) is 17.1 Å². The summed E-state index contributed by atoms with van der Waals surface area (Å²) in [4.78, 5) is 11.7. The van der Waals surface area contributed by atoms with E-state index in [1.54, 1.807) is 31.2 Å². The predicted molar refractivity (Wildman–Crippen MR) is 67.7 cm³/mol. The second-order valence-corrected chi connectivity index (χ2v) is 4.38. The lowest BCUT2D eigenvalue weighted by Crippen LogP contribution is -2.11. The summed E-state index contributed by atoms with van der Waals surface area (Å²) in [5.74, 6) is -0.184. The van der Waals surface area contributed by atoms with Gasteiger partial charge in [0.15, 0.2) is 0 Å². The van der Waals surface area contributed by atoms with Gasteiger partial charge in [0.05, 0.1) is 5.69 Å². The van der Waals surface area contributed by atoms with E-state index < -0.39 is 0 Å². The minimum atomic E-state index is -0.354. The van der Waals surface area contributed by atoms with Gasteiger partial charge >= 0.3 is 0 Å². The molecule has 1 amide bonds. The minimum absolute atomic E-state index is 0.170. The van der Waals surface area contributed by atoms with E-state index in [2.05, 4.69) is 26.4 Å². The van der Waals surface area contributed by atoms with Crippen molar-refractivity contribution in [2.45, 2.75) is 6.92 Å². The molecule has 0 bridgehead atoms. The molecule has 0 spiro atoms. The molecule has 88 valence electrons. The standard InChI is InChI=1S/C11H10BrN3O2/c1-6-4-10(17-15-6)11(16)14-7-2-3-8(12)9(13)5-7/h2-5H,13H2,1H3,(H,14,16). The van der Waals surface area contributed by atoms with Crippen molar-refractivity contribution in [3.8, 4) is 0 Å². The van der Waals surface area contributed by atoms with Gasteiger partial charge in [-0.3, -0.25) is 4.79 Å². The highest BCUT2D eigenvalue weighted by Crippen LogP contribution is 2.23. The maximum Gasteiger partial charge on any atom is 0.294 e. The molecule has 3 N–H and O–H groups in total. The molecule has 17 heavy (non-hydrogen) atoms. The molecule has 0 unspecified atom stereocenters. The molecule has 6 heteroatoms. The van der Waals surface area contributed by atoms with Crippen molar-refractivity contribution in [1.82, 2.24) is 5.16 Å². The Hall–Kier alpha value is -1.82. The number of nitrogen functional groups attached to an aromatic ring is 1. The second-order valence-electron chi connectivity index (χ2n) is 3.52. The first-order valence-corrected chi connectivity index (χ1v) is 5.65. The molecule has 1 heterocycles. The molecule has 2 aromatic rings. The van der Waals surface area contributed by atoms with Crippen LogP contribution in [-0.4, -0.2) is 11.1 Å². The average Bonchev–Trinajstić information content (AvgIpc) is 2.70. The first-order valence-electron chi connectivity index (χ1n) is 4.86. The minimum Gasteiger partial charge on any atom is -0.398 e. The number of hydrogen-bond donors (Lipinski definition) is 2. The summed E-state index contributed by atoms with van der Waals surface area (Å²) < 4.78 is 5.63. The van der Waals surface area contributed by atoms with Gasteiger partial charge in [0.1, 0.15) is 0 Å². The first-order chi connectivity index (χ1) is 8.06. The maximum absolute atomic E-state index is 11.7. The van der Waals surface area contributed by atoms with E-state index in [1.807, 2.05) is 0 Å². The van der Waals surface area contributed by atoms with Crippen LogP contribution in [-0.2, 0) is 0 Å². The number of hydrogen-bond acceptors (Lipinski definition) is 4. The Kier molecular flexibility index (Phi) is 3.14. The monoisotopic (exact) mass is 295 g/mol. The molecule has 0 aliphatic rings. The number of nitrogens with two attached hydrogens (primary N) is 1. The van der Waals surface area contributed by atoms with Gasteiger partial charge in [-0.05, 0) is 41.1 Å². The summed E-state index contributed by atoms with van der Waals surface area (Å²) in [7, 11) is 0. The van der Waals surface area contributed by atoms with Crippen molar-refractivity contribution in [3.63, 3.8) is 0 Å². The highest BCUT2D eigenvalue weighted by atomic mass is 79.9. The smallest absolute Gasteiger partial charge is 0.294 e. The summed E-state index contributed by atoms with van der Waals surface area (Å²) >= 11 is 3.28. The number of carbonyl (C=O) groups is 1. The Balaban J connectivity index is 2.15. The van der Waals surface area contributed by atoms with Gasteiger partial charge in [-0.25, -0.2) is 0 Å². The quantitative estimate of drug-likeness (QED) is 0.835. The van der Waals surface area contributed by atoms with E-state index in [9.17, 15) is 4.79 Å². The Morgan fingerprint density at radius 1 is 1.47 bits per heavy atom. The van der Waals surface area contributed by atoms with E-state index in [1.165, 1.54) is 0 Å². The van der Waals surface area contributed by atoms with Crippen LogP contribution in [0.4, 0.5) is 11.4 Å². The molecule has 5 nitrogen and oxygen atoms in total. The SMILES string of the molecule is Cc1cc(C(=O)Nc2ccc(Br)c(N)c2)on1. The molecule has 2 rings (SSSR count). The van der Waals surface area contributed by atoms with Gasteiger partial charge < -0.3 is 15.6 Å². The molecule has 0 saturated carbocycles. The summed E-state index contributed by atoms with van der Waals surface area (Å²) in [5.41, 5.74) is 7.52. The maximum atomic E-state index is 11.7. The molecule has 0 aliphatic carbocycles. The number of aromatic nitrogens is 1. The summed E-state index contributed by atoms with van der Waals surface area (Å²) in [6.45, 7) is 1.75. The number of carbonyl (C=O) groups excluding carboxylic acids is 1. The second kappa shape index (κ2) is 4.58. The van der Waals surface area contributed by atoms with Gasteiger partial charge in [0.2, 0.25) is 5.76 Å². The molecule has 0 aliphatic heterocycles. The van der Waals surface area contributed by atoms with Crippen molar-refractivity contribution in [3.05, 3.63) is 40.2 Å². The Bertz CT molecular complexity index is 566. The zero-order valence-corrected chi connectivity index (χ0v) is 10.6. The molecule has 0 radical (unpaired) electrons. The normalized spacial score (nSPS) is 10.2. The van der Waals surface area contributed by atoms with Crippen LogP contribution < -0.4 is 11.1 Å². The third kappa shape index (κ3) is 2.65. The van der Waals surface area contributed by atoms with Crippen LogP contribution in [0.3, 0.4) is 0 Å². The Labute approximate surface area is 106 Å². The number of aryl methyl sites for hydroxylation is 1. The lowest BCUT2D eigenvalue weighted by Gasteiger charge is -2.04. The molecule has 1 aromatic carbocycles. The molecule has 0 saturated heterocycles. The fourth-order valence-corrected chi connectivity index (χ4v) is 1.53. The van der Waals surface area contributed by atoms with Gasteiger partial charge in [-0.2, -0.15) is 0 Å². The number of amides is 1. The topological polar surface area (TPSA) is 81.2 Å². The highest BCUT2D eigenvalue weighted by Gasteiger charge is 2.11. The molecule has 0 atom stereocenters. The van der Waals surface area contributed by atoms with Crippen LogP contribution in [0, 0.1) is 6.92 Å². The van der Waals surface area contributed by atoms with Crippen LogP contribution in [0.5, 0.6) is 0 Å². The molecular weight excluding hydrogens is 286 g/mol. The Morgan fingerprint density at radius 3 is 2.82 bits per heavy atom. The van der Waals surface area contributed by atoms with Crippen LogP contribution >= 0.6 is 15.9 Å². The molecular formula is C11H10BrN3O2. The van der Waals surface area contributed by atoms with E-state index in [4.69, 9.17) is 10.3 Å². The molecule has 1 aromatic heterocycles. The zero-order chi connectivity index (χ0) is 12.4. The fraction of sp³-hybridized carbons (Fsp3) is 0.0909. The summed E-state index contributed by atoms with van der Waals surface area (Å²) in [5, 5.41) is 6.31. The van der Waals surface area contributed by atoms with Crippen molar-refractivity contribution in [2.24, 2.45) is 0 Å². The van der Waals surface area contributed by atoms with Gasteiger partial charge in [-0.1, -0.05) is 5.16 Å². The van der Waals surface area contributed by atoms with Crippen LogP contribution in [0.25, 0.3) is 0 Å². The summed E-state index contributed by atoms with van der Waals surface area (Å²) in [6, 6.07) is 6.72. The van der Waals surface area contributed by atoms with Gasteiger partial charge in [-0.15, -0.1) is 0 Å². The number of nitrogens with one attached hydrogen (secondary N) is 1. The highest BCUT2D eigenvalue weighted by molar-refractivity contribution is 9.10. The van der Waals surface area contributed by atoms with E-state index >= 15 is 0 Å². The Morgan fingerprint density at radius 2 is 2.24 bits per heavy atom. The van der Waals surface area contributed by atoms with Gasteiger partial charge in [0, 0.05) is 21.9 Å². The lowest BCUT2D eigenvalue weighted by molar-refractivity contribution is 0.0988. The van der Waals surface area contributed by atoms with Crippen LogP contribution in [0.1, 0.15) is 16.2 Å². The average molecular weight is 296 g/mol. The third-order valence-corrected chi connectivity index (χ3v) is 2.83. The van der Waals surface area contributed by atoms with Crippen molar-refractivity contribution < 1.29 is 9.32 Å². The summed E-state index contributed by atoms with van der Waals surface area (Å²) in [6.07, 6.45) is 0. The fourth-order valence-electron chi connectivity index (χ4n) is 1.28. The van der Waals surface area contributed by atoms with E-state index in [0.717, 1.165) is 4.47 Å². The number of rotatable bonds is 2. The van der Waals surface area contributed by atoms with Crippen LogP contribution in [0.15, 0.2) is 33.3 Å².